The molecule has 3 aliphatic heterocycles. The van der Waals surface area contributed by atoms with E-state index in [1.165, 1.54) is 0 Å². The van der Waals surface area contributed by atoms with E-state index in [1.807, 2.05) is 12.1 Å². The largest absolute Gasteiger partial charge is 0.465 e. The Balaban J connectivity index is 1.78. The van der Waals surface area contributed by atoms with Crippen molar-refractivity contribution in [3.8, 4) is 0 Å². The maximum Gasteiger partial charge on any atom is 0.412 e. The molecule has 2 N–H and O–H groups in total. The number of carboxylic acid groups (broad SMARTS) is 1. The first-order chi connectivity index (χ1) is 11.8. The van der Waals surface area contributed by atoms with E-state index in [2.05, 4.69) is 36.3 Å². The number of hydrogen-bond acceptors (Lipinski definition) is 5. The van der Waals surface area contributed by atoms with Gasteiger partial charge in [-0.3, -0.25) is 19.4 Å². The summed E-state index contributed by atoms with van der Waals surface area (Å²) in [6.07, 6.45) is 0.103. The topological polar surface area (TPSA) is 85.4 Å². The van der Waals surface area contributed by atoms with Crippen molar-refractivity contribution in [3.63, 3.8) is 0 Å². The molecule has 1 aromatic carbocycles. The first kappa shape index (κ1) is 16.2. The van der Waals surface area contributed by atoms with E-state index in [9.17, 15) is 14.7 Å². The quantitative estimate of drug-likeness (QED) is 0.830. The highest BCUT2D eigenvalue weighted by Crippen LogP contribution is 2.51. The first-order valence-electron chi connectivity index (χ1n) is 8.36. The third-order valence-electron chi connectivity index (χ3n) is 5.83. The molecular formula is C17H22N4O4. The van der Waals surface area contributed by atoms with Crippen LogP contribution in [0.3, 0.4) is 0 Å². The van der Waals surface area contributed by atoms with Gasteiger partial charge in [-0.2, -0.15) is 0 Å². The van der Waals surface area contributed by atoms with Crippen molar-refractivity contribution in [1.29, 1.82) is 0 Å². The minimum absolute atomic E-state index is 0.00471. The lowest BCUT2D eigenvalue weighted by molar-refractivity contribution is -0.124. The van der Waals surface area contributed by atoms with Crippen LogP contribution in [-0.2, 0) is 15.0 Å². The Hall–Kier alpha value is -2.32. The van der Waals surface area contributed by atoms with Crippen LogP contribution in [0.4, 0.5) is 16.2 Å². The normalized spacial score (nSPS) is 31.0. The van der Waals surface area contributed by atoms with E-state index in [1.54, 1.807) is 6.07 Å². The standard InChI is InChI=1S/C17H22N4O4/c1-17-6-7-19(2)15(17)20(3)12-5-4-10(8-11(12)17)21(16(23)24)13-9-25-18-14(13)22/h4-5,8,13,15H,6-7,9H2,1-3H3,(H,18,22)(H,23,24)/t13-,15+,17-/m0/s1. The molecule has 0 aromatic heterocycles. The fourth-order valence-corrected chi connectivity index (χ4v) is 4.66. The van der Waals surface area contributed by atoms with Crippen LogP contribution >= 0.6 is 0 Å². The summed E-state index contributed by atoms with van der Waals surface area (Å²) in [5.41, 5.74) is 4.91. The Morgan fingerprint density at radius 1 is 1.44 bits per heavy atom. The molecule has 134 valence electrons. The highest BCUT2D eigenvalue weighted by molar-refractivity contribution is 5.97. The molecule has 2 saturated heterocycles. The van der Waals surface area contributed by atoms with Crippen molar-refractivity contribution in [2.75, 3.05) is 37.0 Å². The number of likely N-dealkylation sites (tertiary alicyclic amines) is 1. The summed E-state index contributed by atoms with van der Waals surface area (Å²) in [5.74, 6) is -0.440. The zero-order valence-electron chi connectivity index (χ0n) is 14.5. The second-order valence-corrected chi connectivity index (χ2v) is 7.28. The molecule has 0 radical (unpaired) electrons. The van der Waals surface area contributed by atoms with E-state index in [0.717, 1.165) is 29.1 Å². The summed E-state index contributed by atoms with van der Waals surface area (Å²) >= 11 is 0. The van der Waals surface area contributed by atoms with Gasteiger partial charge in [-0.25, -0.2) is 10.3 Å². The number of hydrogen-bond donors (Lipinski definition) is 2. The monoisotopic (exact) mass is 346 g/mol. The molecule has 8 nitrogen and oxygen atoms in total. The fraction of sp³-hybridized carbons (Fsp3) is 0.529. The van der Waals surface area contributed by atoms with Gasteiger partial charge in [-0.1, -0.05) is 6.92 Å². The van der Waals surface area contributed by atoms with Crippen molar-refractivity contribution >= 4 is 23.4 Å². The van der Waals surface area contributed by atoms with Gasteiger partial charge >= 0.3 is 6.09 Å². The molecule has 3 atom stereocenters. The molecule has 0 unspecified atom stereocenters. The summed E-state index contributed by atoms with van der Waals surface area (Å²) in [4.78, 5) is 34.3. The van der Waals surface area contributed by atoms with Crippen LogP contribution in [0, 0.1) is 0 Å². The molecule has 3 aliphatic rings. The van der Waals surface area contributed by atoms with Crippen LogP contribution in [0.15, 0.2) is 18.2 Å². The average Bonchev–Trinajstić information content (AvgIpc) is 3.17. The summed E-state index contributed by atoms with van der Waals surface area (Å²) in [6, 6.07) is 4.76. The Morgan fingerprint density at radius 3 is 2.84 bits per heavy atom. The molecule has 1 aromatic rings. The third-order valence-corrected chi connectivity index (χ3v) is 5.83. The van der Waals surface area contributed by atoms with Gasteiger partial charge in [0.05, 0.1) is 6.17 Å². The van der Waals surface area contributed by atoms with E-state index >= 15 is 0 Å². The Kier molecular flexibility index (Phi) is 3.45. The van der Waals surface area contributed by atoms with E-state index in [0.29, 0.717) is 5.69 Å². The lowest BCUT2D eigenvalue weighted by Crippen LogP contribution is -2.46. The molecule has 2 fully saturated rings. The number of carbonyl (C=O) groups excluding carboxylic acids is 1. The average molecular weight is 346 g/mol. The molecule has 3 heterocycles. The Bertz CT molecular complexity index is 754. The predicted molar refractivity (Wildman–Crippen MR) is 91.6 cm³/mol. The second kappa shape index (κ2) is 5.34. The van der Waals surface area contributed by atoms with Crippen molar-refractivity contribution in [2.45, 2.75) is 31.0 Å². The third kappa shape index (κ3) is 2.14. The van der Waals surface area contributed by atoms with Crippen LogP contribution in [0.5, 0.6) is 0 Å². The number of carbonyl (C=O) groups is 2. The number of amides is 2. The molecule has 0 aliphatic carbocycles. The highest BCUT2D eigenvalue weighted by atomic mass is 16.7. The van der Waals surface area contributed by atoms with Gasteiger partial charge in [0.25, 0.3) is 5.91 Å². The van der Waals surface area contributed by atoms with Gasteiger partial charge in [0.15, 0.2) is 0 Å². The molecule has 4 rings (SSSR count). The highest BCUT2D eigenvalue weighted by Gasteiger charge is 2.52. The Labute approximate surface area is 145 Å². The van der Waals surface area contributed by atoms with Crippen molar-refractivity contribution < 1.29 is 19.5 Å². The maximum atomic E-state index is 11.9. The van der Waals surface area contributed by atoms with Crippen LogP contribution in [-0.4, -0.2) is 61.5 Å². The molecule has 2 amide bonds. The van der Waals surface area contributed by atoms with Crippen LogP contribution in [0.1, 0.15) is 18.9 Å². The zero-order chi connectivity index (χ0) is 17.9. The van der Waals surface area contributed by atoms with E-state index < -0.39 is 18.0 Å². The van der Waals surface area contributed by atoms with E-state index in [4.69, 9.17) is 4.84 Å². The predicted octanol–water partition coefficient (Wildman–Crippen LogP) is 0.970. The number of nitrogens with one attached hydrogen (secondary N) is 1. The van der Waals surface area contributed by atoms with E-state index in [-0.39, 0.29) is 18.2 Å². The minimum Gasteiger partial charge on any atom is -0.465 e. The number of fused-ring (bicyclic) bond motifs is 3. The zero-order valence-corrected chi connectivity index (χ0v) is 14.5. The lowest BCUT2D eigenvalue weighted by Gasteiger charge is -2.32. The van der Waals surface area contributed by atoms with Crippen LogP contribution in [0.25, 0.3) is 0 Å². The molecule has 25 heavy (non-hydrogen) atoms. The lowest BCUT2D eigenvalue weighted by atomic mass is 9.81. The van der Waals surface area contributed by atoms with Crippen molar-refractivity contribution in [1.82, 2.24) is 10.4 Å². The SMILES string of the molecule is CN1CC[C@@]2(C)c3cc(N(C(=O)O)[C@H]4CONC4=O)ccc3N(C)[C@@H]12. The maximum absolute atomic E-state index is 11.9. The van der Waals surface area contributed by atoms with Gasteiger partial charge in [0.2, 0.25) is 0 Å². The number of anilines is 2. The number of benzene rings is 1. The van der Waals surface area contributed by atoms with Gasteiger partial charge in [-0.15, -0.1) is 0 Å². The fourth-order valence-electron chi connectivity index (χ4n) is 4.66. The van der Waals surface area contributed by atoms with Gasteiger partial charge < -0.3 is 10.0 Å². The van der Waals surface area contributed by atoms with Crippen LogP contribution in [0.2, 0.25) is 0 Å². The summed E-state index contributed by atoms with van der Waals surface area (Å²) in [6.45, 7) is 3.23. The van der Waals surface area contributed by atoms with Gasteiger partial charge in [0.1, 0.15) is 12.6 Å². The number of rotatable bonds is 2. The molecule has 0 bridgehead atoms. The summed E-state index contributed by atoms with van der Waals surface area (Å²) < 4.78 is 0. The molecular weight excluding hydrogens is 324 g/mol. The minimum atomic E-state index is -1.16. The summed E-state index contributed by atoms with van der Waals surface area (Å²) in [5, 5.41) is 9.67. The van der Waals surface area contributed by atoms with Crippen molar-refractivity contribution in [2.24, 2.45) is 0 Å². The molecule has 8 heteroatoms. The van der Waals surface area contributed by atoms with Crippen LogP contribution < -0.4 is 15.3 Å². The van der Waals surface area contributed by atoms with Gasteiger partial charge in [-0.05, 0) is 37.2 Å². The summed E-state index contributed by atoms with van der Waals surface area (Å²) in [7, 11) is 4.19. The second-order valence-electron chi connectivity index (χ2n) is 7.28. The molecule has 0 spiro atoms. The van der Waals surface area contributed by atoms with Gasteiger partial charge in [0, 0.05) is 30.4 Å². The number of hydroxylamine groups is 1. The molecule has 0 saturated carbocycles. The first-order valence-corrected chi connectivity index (χ1v) is 8.36. The van der Waals surface area contributed by atoms with Crippen molar-refractivity contribution in [3.05, 3.63) is 23.8 Å². The number of nitrogens with zero attached hydrogens (tertiary/aromatic N) is 3. The smallest absolute Gasteiger partial charge is 0.412 e. The number of likely N-dealkylation sites (N-methyl/N-ethyl adjacent to an activating group) is 2. The Morgan fingerprint density at radius 2 is 2.20 bits per heavy atom.